The number of nitrogens with zero attached hydrogens (tertiary/aromatic N) is 1. The molecule has 0 saturated heterocycles. The van der Waals surface area contributed by atoms with Gasteiger partial charge in [-0.15, -0.1) is 0 Å². The molecule has 1 heterocycles. The number of hydrogen-bond acceptors (Lipinski definition) is 3. The maximum Gasteiger partial charge on any atom is 0.356 e. The number of carbonyl (C=O) groups is 1. The van der Waals surface area contributed by atoms with Crippen LogP contribution in [0.15, 0.2) is 18.3 Å². The summed E-state index contributed by atoms with van der Waals surface area (Å²) in [6.07, 6.45) is 4.49. The molecule has 0 bridgehead atoms. The van der Waals surface area contributed by atoms with Crippen molar-refractivity contribution in [2.75, 3.05) is 6.61 Å². The lowest BCUT2D eigenvalue weighted by Crippen LogP contribution is -2.01. The first-order valence-electron chi connectivity index (χ1n) is 3.81. The molecule has 0 atom stereocenters. The van der Waals surface area contributed by atoms with E-state index in [0.717, 1.165) is 0 Å². The summed E-state index contributed by atoms with van der Waals surface area (Å²) >= 11 is 5.66. The van der Waals surface area contributed by atoms with Crippen LogP contribution in [0.25, 0.3) is 6.08 Å². The van der Waals surface area contributed by atoms with Crippen LogP contribution in [0, 0.1) is 0 Å². The molecule has 0 radical (unpaired) electrons. The van der Waals surface area contributed by atoms with E-state index in [1.165, 1.54) is 18.3 Å². The fraction of sp³-hybridized carbons (Fsp3) is 0.111. The number of aliphatic hydroxyl groups is 1. The van der Waals surface area contributed by atoms with Crippen LogP contribution >= 0.6 is 11.6 Å². The van der Waals surface area contributed by atoms with Gasteiger partial charge in [0.1, 0.15) is 0 Å². The van der Waals surface area contributed by atoms with Crippen molar-refractivity contribution in [1.82, 2.24) is 4.98 Å². The normalized spacial score (nSPS) is 10.7. The van der Waals surface area contributed by atoms with E-state index in [-0.39, 0.29) is 17.3 Å². The first kappa shape index (κ1) is 10.7. The molecule has 0 aliphatic heterocycles. The highest BCUT2D eigenvalue weighted by molar-refractivity contribution is 6.33. The standard InChI is InChI=1S/C9H8ClNO3/c10-7-4-6(2-1-3-12)5-11-8(7)9(13)14/h1-2,4-5,12H,3H2,(H,13,14). The van der Waals surface area contributed by atoms with Gasteiger partial charge in [0.25, 0.3) is 0 Å². The van der Waals surface area contributed by atoms with Gasteiger partial charge in [-0.3, -0.25) is 0 Å². The second-order valence-corrected chi connectivity index (χ2v) is 2.90. The SMILES string of the molecule is O=C(O)c1ncc(C=CCO)cc1Cl. The molecular weight excluding hydrogens is 206 g/mol. The summed E-state index contributed by atoms with van der Waals surface area (Å²) in [6.45, 7) is -0.0850. The maximum atomic E-state index is 10.5. The van der Waals surface area contributed by atoms with E-state index in [1.807, 2.05) is 0 Å². The second-order valence-electron chi connectivity index (χ2n) is 2.49. The molecule has 0 amide bonds. The zero-order valence-electron chi connectivity index (χ0n) is 7.14. The summed E-state index contributed by atoms with van der Waals surface area (Å²) in [5, 5.41) is 17.2. The number of aliphatic hydroxyl groups excluding tert-OH is 1. The predicted octanol–water partition coefficient (Wildman–Crippen LogP) is 1.44. The van der Waals surface area contributed by atoms with Gasteiger partial charge >= 0.3 is 5.97 Å². The third-order valence-corrected chi connectivity index (χ3v) is 1.77. The molecule has 74 valence electrons. The molecule has 1 aromatic heterocycles. The van der Waals surface area contributed by atoms with Gasteiger partial charge in [0.05, 0.1) is 11.6 Å². The van der Waals surface area contributed by atoms with Crippen LogP contribution in [-0.4, -0.2) is 27.8 Å². The molecule has 5 heteroatoms. The molecule has 0 spiro atoms. The van der Waals surface area contributed by atoms with Gasteiger partial charge in [-0.1, -0.05) is 23.8 Å². The highest BCUT2D eigenvalue weighted by Gasteiger charge is 2.09. The van der Waals surface area contributed by atoms with E-state index in [2.05, 4.69) is 4.98 Å². The molecule has 0 unspecified atom stereocenters. The molecule has 14 heavy (non-hydrogen) atoms. The van der Waals surface area contributed by atoms with Crippen molar-refractivity contribution < 1.29 is 15.0 Å². The van der Waals surface area contributed by atoms with Gasteiger partial charge in [-0.25, -0.2) is 9.78 Å². The van der Waals surface area contributed by atoms with Crippen molar-refractivity contribution in [3.05, 3.63) is 34.6 Å². The zero-order chi connectivity index (χ0) is 10.6. The van der Waals surface area contributed by atoms with Gasteiger partial charge in [0.15, 0.2) is 5.69 Å². The Morgan fingerprint density at radius 1 is 1.64 bits per heavy atom. The van der Waals surface area contributed by atoms with Crippen molar-refractivity contribution in [2.24, 2.45) is 0 Å². The first-order valence-corrected chi connectivity index (χ1v) is 4.19. The zero-order valence-corrected chi connectivity index (χ0v) is 7.90. The van der Waals surface area contributed by atoms with Gasteiger partial charge in [-0.05, 0) is 11.6 Å². The fourth-order valence-electron chi connectivity index (χ4n) is 0.890. The fourth-order valence-corrected chi connectivity index (χ4v) is 1.15. The van der Waals surface area contributed by atoms with E-state index in [1.54, 1.807) is 6.08 Å². The number of halogens is 1. The molecule has 0 aromatic carbocycles. The lowest BCUT2D eigenvalue weighted by molar-refractivity contribution is 0.0690. The topological polar surface area (TPSA) is 70.4 Å². The third kappa shape index (κ3) is 2.55. The Hall–Kier alpha value is -1.39. The molecule has 0 aliphatic carbocycles. The van der Waals surface area contributed by atoms with E-state index in [9.17, 15) is 4.79 Å². The van der Waals surface area contributed by atoms with Gasteiger partial charge < -0.3 is 10.2 Å². The lowest BCUT2D eigenvalue weighted by atomic mass is 10.2. The summed E-state index contributed by atoms with van der Waals surface area (Å²) in [4.78, 5) is 14.2. The largest absolute Gasteiger partial charge is 0.476 e. The Morgan fingerprint density at radius 2 is 2.36 bits per heavy atom. The Balaban J connectivity index is 3.00. The van der Waals surface area contributed by atoms with Crippen LogP contribution < -0.4 is 0 Å². The molecule has 1 aromatic rings. The quantitative estimate of drug-likeness (QED) is 0.797. The van der Waals surface area contributed by atoms with E-state index < -0.39 is 5.97 Å². The van der Waals surface area contributed by atoms with E-state index >= 15 is 0 Å². The van der Waals surface area contributed by atoms with Crippen LogP contribution in [-0.2, 0) is 0 Å². The summed E-state index contributed by atoms with van der Waals surface area (Å²) in [7, 11) is 0. The molecule has 0 aliphatic rings. The Labute approximate surface area is 85.5 Å². The van der Waals surface area contributed by atoms with Gasteiger partial charge in [0, 0.05) is 6.20 Å². The molecule has 1 rings (SSSR count). The number of pyridine rings is 1. The average molecular weight is 214 g/mol. The maximum absolute atomic E-state index is 10.5. The van der Waals surface area contributed by atoms with Gasteiger partial charge in [-0.2, -0.15) is 0 Å². The van der Waals surface area contributed by atoms with Crippen molar-refractivity contribution >= 4 is 23.6 Å². The highest BCUT2D eigenvalue weighted by atomic mass is 35.5. The Kier molecular flexibility index (Phi) is 3.62. The van der Waals surface area contributed by atoms with Crippen molar-refractivity contribution in [1.29, 1.82) is 0 Å². The lowest BCUT2D eigenvalue weighted by Gasteiger charge is -1.98. The summed E-state index contributed by atoms with van der Waals surface area (Å²) < 4.78 is 0. The minimum absolute atomic E-state index is 0.0811. The number of carboxylic acids is 1. The molecular formula is C9H8ClNO3. The third-order valence-electron chi connectivity index (χ3n) is 1.48. The predicted molar refractivity (Wildman–Crippen MR) is 52.3 cm³/mol. The molecule has 2 N–H and O–H groups in total. The van der Waals surface area contributed by atoms with Crippen LogP contribution in [0.4, 0.5) is 0 Å². The smallest absolute Gasteiger partial charge is 0.356 e. The molecule has 0 fully saturated rings. The Bertz CT molecular complexity index is 376. The van der Waals surface area contributed by atoms with Gasteiger partial charge in [0.2, 0.25) is 0 Å². The second kappa shape index (κ2) is 4.74. The van der Waals surface area contributed by atoms with Crippen molar-refractivity contribution in [3.63, 3.8) is 0 Å². The molecule has 0 saturated carbocycles. The van der Waals surface area contributed by atoms with E-state index in [4.69, 9.17) is 21.8 Å². The molecule has 4 nitrogen and oxygen atoms in total. The van der Waals surface area contributed by atoms with Crippen LogP contribution in [0.1, 0.15) is 16.1 Å². The number of aromatic carboxylic acids is 1. The Morgan fingerprint density at radius 3 is 2.86 bits per heavy atom. The highest BCUT2D eigenvalue weighted by Crippen LogP contribution is 2.15. The summed E-state index contributed by atoms with van der Waals surface area (Å²) in [5.41, 5.74) is 0.474. The van der Waals surface area contributed by atoms with Crippen LogP contribution in [0.5, 0.6) is 0 Å². The minimum Gasteiger partial charge on any atom is -0.476 e. The first-order chi connectivity index (χ1) is 6.65. The van der Waals surface area contributed by atoms with Crippen molar-refractivity contribution in [2.45, 2.75) is 0 Å². The monoisotopic (exact) mass is 213 g/mol. The number of rotatable bonds is 3. The number of carboxylic acid groups (broad SMARTS) is 1. The summed E-state index contributed by atoms with van der Waals surface area (Å²) in [6, 6.07) is 1.48. The van der Waals surface area contributed by atoms with E-state index in [0.29, 0.717) is 5.56 Å². The average Bonchev–Trinajstić information content (AvgIpc) is 2.14. The van der Waals surface area contributed by atoms with Crippen molar-refractivity contribution in [3.8, 4) is 0 Å². The number of aromatic nitrogens is 1. The number of hydrogen-bond donors (Lipinski definition) is 2. The minimum atomic E-state index is -1.16. The van der Waals surface area contributed by atoms with Crippen LogP contribution in [0.2, 0.25) is 5.02 Å². The van der Waals surface area contributed by atoms with Crippen LogP contribution in [0.3, 0.4) is 0 Å². The summed E-state index contributed by atoms with van der Waals surface area (Å²) in [5.74, 6) is -1.16.